The molecule has 4 rings (SSSR count). The summed E-state index contributed by atoms with van der Waals surface area (Å²) in [7, 11) is 0. The quantitative estimate of drug-likeness (QED) is 0.673. The highest BCUT2D eigenvalue weighted by atomic mass is 35.5. The van der Waals surface area contributed by atoms with E-state index in [0.717, 1.165) is 24.9 Å². The zero-order valence-corrected chi connectivity index (χ0v) is 19.6. The molecule has 0 bridgehead atoms. The number of amides is 1. The fourth-order valence-corrected chi connectivity index (χ4v) is 5.64. The number of nitrogens with one attached hydrogen (secondary N) is 1. The molecule has 178 valence electrons. The summed E-state index contributed by atoms with van der Waals surface area (Å²) >= 11 is 6.18. The van der Waals surface area contributed by atoms with Gasteiger partial charge in [0.05, 0.1) is 37.9 Å². The van der Waals surface area contributed by atoms with Crippen LogP contribution >= 0.6 is 11.6 Å². The van der Waals surface area contributed by atoms with E-state index in [4.69, 9.17) is 21.1 Å². The lowest BCUT2D eigenvalue weighted by atomic mass is 9.89. The highest BCUT2D eigenvalue weighted by molar-refractivity contribution is 6.30. The molecule has 1 aromatic rings. The van der Waals surface area contributed by atoms with E-state index in [1.54, 1.807) is 0 Å². The van der Waals surface area contributed by atoms with Gasteiger partial charge in [-0.25, -0.2) is 0 Å². The molecule has 2 N–H and O–H groups in total. The number of hydrogen-bond donors (Lipinski definition) is 2. The number of carbonyl (C=O) groups excluding carboxylic acids is 1. The van der Waals surface area contributed by atoms with Gasteiger partial charge in [-0.2, -0.15) is 0 Å². The lowest BCUT2D eigenvalue weighted by Crippen LogP contribution is -2.55. The number of β-amino-alcohol motifs (C(OH)–C–C–N with tert-alkyl or cyclic N) is 1. The molecular weight excluding hydrogens is 428 g/mol. The molecule has 7 heteroatoms. The predicted octanol–water partition coefficient (Wildman–Crippen LogP) is 3.54. The van der Waals surface area contributed by atoms with Crippen LogP contribution in [0.1, 0.15) is 56.9 Å². The van der Waals surface area contributed by atoms with Crippen molar-refractivity contribution in [3.8, 4) is 0 Å². The predicted molar refractivity (Wildman–Crippen MR) is 125 cm³/mol. The molecule has 0 radical (unpaired) electrons. The average Bonchev–Trinajstić information content (AvgIpc) is 2.77. The van der Waals surface area contributed by atoms with Crippen molar-refractivity contribution in [2.45, 2.75) is 82.3 Å². The molecule has 3 aliphatic rings. The van der Waals surface area contributed by atoms with Crippen LogP contribution in [0, 0.1) is 5.92 Å². The van der Waals surface area contributed by atoms with Crippen LogP contribution in [0.25, 0.3) is 0 Å². The second-order valence-electron chi connectivity index (χ2n) is 9.70. The summed E-state index contributed by atoms with van der Waals surface area (Å²) in [6.45, 7) is 2.77. The summed E-state index contributed by atoms with van der Waals surface area (Å²) in [6.07, 6.45) is 7.82. The fourth-order valence-electron chi connectivity index (χ4n) is 5.43. The molecule has 4 atom stereocenters. The van der Waals surface area contributed by atoms with Gasteiger partial charge in [0, 0.05) is 30.7 Å². The number of ether oxygens (including phenoxy) is 2. The Balaban J connectivity index is 1.32. The number of carbonyl (C=O) groups is 1. The maximum absolute atomic E-state index is 12.5. The van der Waals surface area contributed by atoms with E-state index in [1.165, 1.54) is 32.1 Å². The van der Waals surface area contributed by atoms with Gasteiger partial charge in [-0.15, -0.1) is 0 Å². The molecule has 1 aromatic carbocycles. The largest absolute Gasteiger partial charge is 0.389 e. The molecule has 2 aliphatic heterocycles. The SMILES string of the molecule is O=C(C[C@@H]1CC[C@@H]2[C@H](COC[C@H](O)CN2Cc2cccc(Cl)c2)O1)NCC1CCCCC1. The molecule has 1 aliphatic carbocycles. The number of halogens is 1. The lowest BCUT2D eigenvalue weighted by Gasteiger charge is -2.44. The van der Waals surface area contributed by atoms with Crippen LogP contribution in [-0.4, -0.2) is 66.6 Å². The molecule has 6 nitrogen and oxygen atoms in total. The van der Waals surface area contributed by atoms with Crippen LogP contribution in [0.15, 0.2) is 24.3 Å². The van der Waals surface area contributed by atoms with Crippen LogP contribution < -0.4 is 5.32 Å². The molecule has 1 saturated carbocycles. The Morgan fingerprint density at radius 1 is 1.16 bits per heavy atom. The summed E-state index contributed by atoms with van der Waals surface area (Å²) < 4.78 is 12.1. The van der Waals surface area contributed by atoms with Crippen LogP contribution in [0.4, 0.5) is 0 Å². The van der Waals surface area contributed by atoms with E-state index in [-0.39, 0.29) is 24.2 Å². The van der Waals surface area contributed by atoms with E-state index >= 15 is 0 Å². The first-order valence-corrected chi connectivity index (χ1v) is 12.6. The van der Waals surface area contributed by atoms with Crippen LogP contribution in [-0.2, 0) is 20.8 Å². The van der Waals surface area contributed by atoms with Gasteiger partial charge >= 0.3 is 0 Å². The number of fused-ring (bicyclic) bond motifs is 1. The minimum atomic E-state index is -0.529. The second-order valence-corrected chi connectivity index (χ2v) is 10.1. The maximum atomic E-state index is 12.5. The van der Waals surface area contributed by atoms with Gasteiger partial charge in [0.1, 0.15) is 0 Å². The van der Waals surface area contributed by atoms with Crippen LogP contribution in [0.5, 0.6) is 0 Å². The van der Waals surface area contributed by atoms with Crippen molar-refractivity contribution in [1.82, 2.24) is 10.2 Å². The van der Waals surface area contributed by atoms with E-state index in [9.17, 15) is 9.90 Å². The van der Waals surface area contributed by atoms with E-state index < -0.39 is 6.10 Å². The van der Waals surface area contributed by atoms with Crippen LogP contribution in [0.3, 0.4) is 0 Å². The monoisotopic (exact) mass is 464 g/mol. The number of hydrogen-bond acceptors (Lipinski definition) is 5. The standard InChI is InChI=1S/C25H37ClN2O4/c26-20-8-4-7-19(11-20)14-28-15-21(29)16-31-17-24-23(28)10-9-22(32-24)12-25(30)27-13-18-5-2-1-3-6-18/h4,7-8,11,18,21-24,29H,1-3,5-6,9-10,12-17H2,(H,27,30)/t21-,22+,23-,24+/m1/s1. The third-order valence-electron chi connectivity index (χ3n) is 7.09. The van der Waals surface area contributed by atoms with Gasteiger partial charge in [0.2, 0.25) is 5.91 Å². The molecule has 32 heavy (non-hydrogen) atoms. The van der Waals surface area contributed by atoms with Crippen molar-refractivity contribution in [3.63, 3.8) is 0 Å². The minimum Gasteiger partial charge on any atom is -0.389 e. The maximum Gasteiger partial charge on any atom is 0.222 e. The molecule has 0 spiro atoms. The van der Waals surface area contributed by atoms with E-state index in [2.05, 4.69) is 16.3 Å². The van der Waals surface area contributed by atoms with Gasteiger partial charge in [-0.3, -0.25) is 9.69 Å². The third-order valence-corrected chi connectivity index (χ3v) is 7.32. The van der Waals surface area contributed by atoms with Gasteiger partial charge in [0.15, 0.2) is 0 Å². The summed E-state index contributed by atoms with van der Waals surface area (Å²) in [6, 6.07) is 8.01. The number of rotatable bonds is 6. The smallest absolute Gasteiger partial charge is 0.222 e. The Morgan fingerprint density at radius 3 is 2.81 bits per heavy atom. The van der Waals surface area contributed by atoms with Crippen molar-refractivity contribution in [2.75, 3.05) is 26.3 Å². The van der Waals surface area contributed by atoms with Crippen molar-refractivity contribution in [3.05, 3.63) is 34.9 Å². The Labute approximate surface area is 196 Å². The molecule has 1 amide bonds. The van der Waals surface area contributed by atoms with Crippen molar-refractivity contribution < 1.29 is 19.4 Å². The first-order valence-electron chi connectivity index (χ1n) is 12.2. The average molecular weight is 465 g/mol. The molecule has 3 fully saturated rings. The molecule has 0 aromatic heterocycles. The molecule has 0 unspecified atom stereocenters. The lowest BCUT2D eigenvalue weighted by molar-refractivity contribution is -0.158. The zero-order chi connectivity index (χ0) is 22.3. The summed E-state index contributed by atoms with van der Waals surface area (Å²) in [5, 5.41) is 14.2. The zero-order valence-electron chi connectivity index (χ0n) is 18.9. The minimum absolute atomic E-state index is 0.0800. The Hall–Kier alpha value is -1.18. The first kappa shape index (κ1) is 24.0. The van der Waals surface area contributed by atoms with Crippen molar-refractivity contribution in [1.29, 1.82) is 0 Å². The number of aliphatic hydroxyl groups is 1. The van der Waals surface area contributed by atoms with Crippen LogP contribution in [0.2, 0.25) is 5.02 Å². The van der Waals surface area contributed by atoms with Gasteiger partial charge in [-0.05, 0) is 49.3 Å². The Bertz CT molecular complexity index is 742. The molecule has 2 heterocycles. The first-order chi connectivity index (χ1) is 15.6. The highest BCUT2D eigenvalue weighted by Gasteiger charge is 2.38. The van der Waals surface area contributed by atoms with Gasteiger partial charge < -0.3 is 19.9 Å². The normalized spacial score (nSPS) is 30.2. The number of aliphatic hydroxyl groups excluding tert-OH is 1. The fraction of sp³-hybridized carbons (Fsp3) is 0.720. The Morgan fingerprint density at radius 2 is 2.00 bits per heavy atom. The topological polar surface area (TPSA) is 71.0 Å². The summed E-state index contributed by atoms with van der Waals surface area (Å²) in [5.41, 5.74) is 1.12. The van der Waals surface area contributed by atoms with Crippen molar-refractivity contribution in [2.24, 2.45) is 5.92 Å². The van der Waals surface area contributed by atoms with Crippen molar-refractivity contribution >= 4 is 17.5 Å². The molecule has 2 saturated heterocycles. The molecular formula is C25H37ClN2O4. The number of benzene rings is 1. The van der Waals surface area contributed by atoms with E-state index in [1.807, 2.05) is 18.2 Å². The van der Waals surface area contributed by atoms with E-state index in [0.29, 0.717) is 43.7 Å². The Kier molecular flexibility index (Phi) is 8.83. The highest BCUT2D eigenvalue weighted by Crippen LogP contribution is 2.29. The third kappa shape index (κ3) is 6.91. The summed E-state index contributed by atoms with van der Waals surface area (Å²) in [4.78, 5) is 14.8. The summed E-state index contributed by atoms with van der Waals surface area (Å²) in [5.74, 6) is 0.729. The van der Waals surface area contributed by atoms with Gasteiger partial charge in [-0.1, -0.05) is 43.0 Å². The second kappa shape index (κ2) is 11.8. The van der Waals surface area contributed by atoms with Gasteiger partial charge in [0.25, 0.3) is 0 Å². The number of nitrogens with zero attached hydrogens (tertiary/aromatic N) is 1.